The van der Waals surface area contributed by atoms with Crippen LogP contribution in [0, 0.1) is 5.92 Å². The summed E-state index contributed by atoms with van der Waals surface area (Å²) in [5.74, 6) is -0.749. The van der Waals surface area contributed by atoms with Crippen molar-refractivity contribution in [2.45, 2.75) is 12.5 Å². The van der Waals surface area contributed by atoms with Crippen molar-refractivity contribution in [1.82, 2.24) is 9.80 Å². The molecule has 0 bridgehead atoms. The quantitative estimate of drug-likeness (QED) is 0.640. The van der Waals surface area contributed by atoms with Crippen LogP contribution in [0.5, 0.6) is 0 Å². The van der Waals surface area contributed by atoms with Crippen LogP contribution in [-0.4, -0.2) is 60.1 Å². The number of carbonyl (C=O) groups is 1. The van der Waals surface area contributed by atoms with Crippen LogP contribution in [0.15, 0.2) is 0 Å². The number of carboxylic acid groups (broad SMARTS) is 1. The maximum Gasteiger partial charge on any atom is 0.307 e. The monoisotopic (exact) mass is 184 g/mol. The molecule has 2 fully saturated rings. The molecular formula is C9H16N2O2. The average Bonchev–Trinajstić information content (AvgIpc) is 2.46. The van der Waals surface area contributed by atoms with Crippen LogP contribution in [0.25, 0.3) is 0 Å². The fourth-order valence-corrected chi connectivity index (χ4v) is 2.22. The van der Waals surface area contributed by atoms with Crippen LogP contribution < -0.4 is 0 Å². The summed E-state index contributed by atoms with van der Waals surface area (Å²) in [7, 11) is 2.10. The predicted molar refractivity (Wildman–Crippen MR) is 48.6 cm³/mol. The van der Waals surface area contributed by atoms with Gasteiger partial charge in [-0.25, -0.2) is 0 Å². The first-order valence-electron chi connectivity index (χ1n) is 4.82. The third-order valence-electron chi connectivity index (χ3n) is 3.13. The van der Waals surface area contributed by atoms with Gasteiger partial charge in [-0.15, -0.1) is 0 Å². The predicted octanol–water partition coefficient (Wildman–Crippen LogP) is -0.293. The molecule has 2 aliphatic rings. The summed E-state index contributed by atoms with van der Waals surface area (Å²) < 4.78 is 0. The summed E-state index contributed by atoms with van der Waals surface area (Å²) in [5.41, 5.74) is 0. The number of hydrogen-bond acceptors (Lipinski definition) is 3. The lowest BCUT2D eigenvalue weighted by atomic mass is 10.1. The van der Waals surface area contributed by atoms with E-state index in [1.165, 1.54) is 0 Å². The summed E-state index contributed by atoms with van der Waals surface area (Å²) in [6.07, 6.45) is 0.829. The molecule has 1 N–H and O–H groups in total. The van der Waals surface area contributed by atoms with Crippen LogP contribution in [0.3, 0.4) is 0 Å². The molecule has 2 rings (SSSR count). The van der Waals surface area contributed by atoms with Gasteiger partial charge in [0.15, 0.2) is 0 Å². The highest BCUT2D eigenvalue weighted by Gasteiger charge is 2.36. The van der Waals surface area contributed by atoms with Gasteiger partial charge in [0, 0.05) is 25.7 Å². The SMILES string of the molecule is CN1CC(N2CCC(C(=O)O)C2)C1. The average molecular weight is 184 g/mol. The molecule has 0 aromatic rings. The Balaban J connectivity index is 1.81. The van der Waals surface area contributed by atoms with Gasteiger partial charge in [0.2, 0.25) is 0 Å². The molecule has 0 amide bonds. The number of likely N-dealkylation sites (tertiary alicyclic amines) is 2. The Bertz CT molecular complexity index is 214. The number of nitrogens with zero attached hydrogens (tertiary/aromatic N) is 2. The third-order valence-corrected chi connectivity index (χ3v) is 3.13. The zero-order valence-electron chi connectivity index (χ0n) is 7.94. The van der Waals surface area contributed by atoms with Gasteiger partial charge in [0.1, 0.15) is 0 Å². The van der Waals surface area contributed by atoms with E-state index in [1.54, 1.807) is 0 Å². The van der Waals surface area contributed by atoms with Crippen molar-refractivity contribution in [2.75, 3.05) is 33.2 Å². The van der Waals surface area contributed by atoms with Gasteiger partial charge >= 0.3 is 5.97 Å². The van der Waals surface area contributed by atoms with Crippen LogP contribution in [0.2, 0.25) is 0 Å². The summed E-state index contributed by atoms with van der Waals surface area (Å²) in [4.78, 5) is 15.3. The summed E-state index contributed by atoms with van der Waals surface area (Å²) in [6, 6.07) is 0.620. The first-order chi connectivity index (χ1) is 6.16. The number of rotatable bonds is 2. The van der Waals surface area contributed by atoms with E-state index in [-0.39, 0.29) is 5.92 Å². The molecule has 4 heteroatoms. The Labute approximate surface area is 78.1 Å². The lowest BCUT2D eigenvalue weighted by Crippen LogP contribution is -2.57. The molecule has 1 unspecified atom stereocenters. The van der Waals surface area contributed by atoms with E-state index >= 15 is 0 Å². The second-order valence-electron chi connectivity index (χ2n) is 4.19. The van der Waals surface area contributed by atoms with E-state index in [0.29, 0.717) is 6.04 Å². The second-order valence-corrected chi connectivity index (χ2v) is 4.19. The van der Waals surface area contributed by atoms with Crippen molar-refractivity contribution in [3.8, 4) is 0 Å². The molecule has 74 valence electrons. The number of aliphatic carboxylic acids is 1. The summed E-state index contributed by atoms with van der Waals surface area (Å²) >= 11 is 0. The van der Waals surface area contributed by atoms with E-state index in [4.69, 9.17) is 5.11 Å². The molecule has 2 saturated heterocycles. The van der Waals surface area contributed by atoms with Gasteiger partial charge in [0.25, 0.3) is 0 Å². The Morgan fingerprint density at radius 2 is 2.08 bits per heavy atom. The van der Waals surface area contributed by atoms with Crippen molar-refractivity contribution in [3.05, 3.63) is 0 Å². The molecule has 13 heavy (non-hydrogen) atoms. The number of hydrogen-bond donors (Lipinski definition) is 1. The highest BCUT2D eigenvalue weighted by molar-refractivity contribution is 5.70. The van der Waals surface area contributed by atoms with Gasteiger partial charge in [-0.3, -0.25) is 9.69 Å². The molecule has 0 aromatic heterocycles. The Morgan fingerprint density at radius 3 is 2.54 bits per heavy atom. The van der Waals surface area contributed by atoms with E-state index < -0.39 is 5.97 Å². The van der Waals surface area contributed by atoms with E-state index in [9.17, 15) is 4.79 Å². The second kappa shape index (κ2) is 3.27. The largest absolute Gasteiger partial charge is 0.481 e. The molecule has 0 radical (unpaired) electrons. The lowest BCUT2D eigenvalue weighted by Gasteiger charge is -2.42. The smallest absolute Gasteiger partial charge is 0.307 e. The minimum absolute atomic E-state index is 0.120. The first kappa shape index (κ1) is 8.97. The fraction of sp³-hybridized carbons (Fsp3) is 0.889. The van der Waals surface area contributed by atoms with Gasteiger partial charge in [-0.05, 0) is 20.0 Å². The van der Waals surface area contributed by atoms with Crippen molar-refractivity contribution in [1.29, 1.82) is 0 Å². The van der Waals surface area contributed by atoms with Crippen LogP contribution >= 0.6 is 0 Å². The first-order valence-corrected chi connectivity index (χ1v) is 4.82. The summed E-state index contributed by atoms with van der Waals surface area (Å²) in [5, 5.41) is 8.82. The van der Waals surface area contributed by atoms with Gasteiger partial charge in [0.05, 0.1) is 5.92 Å². The van der Waals surface area contributed by atoms with Gasteiger partial charge < -0.3 is 10.0 Å². The highest BCUT2D eigenvalue weighted by Crippen LogP contribution is 2.22. The van der Waals surface area contributed by atoms with Crippen molar-refractivity contribution in [2.24, 2.45) is 5.92 Å². The van der Waals surface area contributed by atoms with Crippen LogP contribution in [-0.2, 0) is 4.79 Å². The molecule has 2 aliphatic heterocycles. The Morgan fingerprint density at radius 1 is 1.38 bits per heavy atom. The van der Waals surface area contributed by atoms with Gasteiger partial charge in [-0.2, -0.15) is 0 Å². The molecular weight excluding hydrogens is 168 g/mol. The molecule has 4 nitrogen and oxygen atoms in total. The van der Waals surface area contributed by atoms with Crippen molar-refractivity contribution >= 4 is 5.97 Å². The maximum absolute atomic E-state index is 10.7. The number of likely N-dealkylation sites (N-methyl/N-ethyl adjacent to an activating group) is 1. The fourth-order valence-electron chi connectivity index (χ4n) is 2.22. The Hall–Kier alpha value is -0.610. The van der Waals surface area contributed by atoms with Crippen molar-refractivity contribution < 1.29 is 9.90 Å². The maximum atomic E-state index is 10.7. The van der Waals surface area contributed by atoms with E-state index in [1.807, 2.05) is 0 Å². The van der Waals surface area contributed by atoms with Crippen molar-refractivity contribution in [3.63, 3.8) is 0 Å². The van der Waals surface area contributed by atoms with Crippen LogP contribution in [0.1, 0.15) is 6.42 Å². The summed E-state index contributed by atoms with van der Waals surface area (Å²) in [6.45, 7) is 3.93. The molecule has 0 spiro atoms. The zero-order valence-corrected chi connectivity index (χ0v) is 7.94. The minimum Gasteiger partial charge on any atom is -0.481 e. The number of carboxylic acids is 1. The van der Waals surface area contributed by atoms with E-state index in [0.717, 1.165) is 32.6 Å². The van der Waals surface area contributed by atoms with E-state index in [2.05, 4.69) is 16.8 Å². The molecule has 0 aromatic carbocycles. The van der Waals surface area contributed by atoms with Gasteiger partial charge in [-0.1, -0.05) is 0 Å². The Kier molecular flexibility index (Phi) is 2.26. The lowest BCUT2D eigenvalue weighted by molar-refractivity contribution is -0.141. The zero-order chi connectivity index (χ0) is 9.42. The normalized spacial score (nSPS) is 31.9. The third kappa shape index (κ3) is 1.69. The van der Waals surface area contributed by atoms with Crippen LogP contribution in [0.4, 0.5) is 0 Å². The minimum atomic E-state index is -0.629. The standard InChI is InChI=1S/C9H16N2O2/c1-10-5-8(6-10)11-3-2-7(4-11)9(12)13/h7-8H,2-6H2,1H3,(H,12,13). The molecule has 0 aliphatic carbocycles. The molecule has 0 saturated carbocycles. The topological polar surface area (TPSA) is 43.8 Å². The molecule has 1 atom stereocenters. The molecule has 2 heterocycles. The highest BCUT2D eigenvalue weighted by atomic mass is 16.4.